The summed E-state index contributed by atoms with van der Waals surface area (Å²) in [5, 5.41) is 4.11. The first-order valence-corrected chi connectivity index (χ1v) is 10.6. The zero-order valence-electron chi connectivity index (χ0n) is 17.0. The number of ether oxygens (including phenoxy) is 2. The molecule has 7 heteroatoms. The predicted molar refractivity (Wildman–Crippen MR) is 115 cm³/mol. The van der Waals surface area contributed by atoms with Crippen molar-refractivity contribution in [2.75, 3.05) is 38.3 Å². The van der Waals surface area contributed by atoms with Crippen LogP contribution < -0.4 is 15.0 Å². The van der Waals surface area contributed by atoms with Crippen LogP contribution in [-0.2, 0) is 14.9 Å². The molecule has 0 bridgehead atoms. The molecule has 2 aromatic rings. The summed E-state index contributed by atoms with van der Waals surface area (Å²) in [5.74, 6) is 0.310. The molecule has 30 heavy (non-hydrogen) atoms. The zero-order valence-corrected chi connectivity index (χ0v) is 17.8. The molecule has 2 fully saturated rings. The molecule has 4 rings (SSSR count). The van der Waals surface area contributed by atoms with Crippen molar-refractivity contribution in [2.24, 2.45) is 0 Å². The first-order valence-electron chi connectivity index (χ1n) is 10.3. The van der Waals surface area contributed by atoms with Gasteiger partial charge >= 0.3 is 0 Å². The summed E-state index contributed by atoms with van der Waals surface area (Å²) in [7, 11) is 1.65. The van der Waals surface area contributed by atoms with E-state index in [9.17, 15) is 9.18 Å². The van der Waals surface area contributed by atoms with Crippen molar-refractivity contribution in [3.63, 3.8) is 0 Å². The number of carbonyl (C=O) groups excluding carboxylic acids is 1. The van der Waals surface area contributed by atoms with Crippen molar-refractivity contribution in [3.8, 4) is 5.75 Å². The Kier molecular flexibility index (Phi) is 6.27. The fourth-order valence-corrected chi connectivity index (χ4v) is 4.67. The number of methoxy groups -OCH3 is 1. The molecule has 2 aliphatic rings. The Morgan fingerprint density at radius 2 is 2.03 bits per heavy atom. The lowest BCUT2D eigenvalue weighted by Gasteiger charge is -2.39. The number of hydrogen-bond acceptors (Lipinski definition) is 4. The van der Waals surface area contributed by atoms with Gasteiger partial charge < -0.3 is 19.7 Å². The van der Waals surface area contributed by atoms with Gasteiger partial charge in [-0.2, -0.15) is 0 Å². The van der Waals surface area contributed by atoms with Crippen molar-refractivity contribution in [1.82, 2.24) is 5.32 Å². The maximum absolute atomic E-state index is 14.2. The van der Waals surface area contributed by atoms with Crippen LogP contribution in [0.1, 0.15) is 24.8 Å². The van der Waals surface area contributed by atoms with E-state index in [1.807, 2.05) is 18.2 Å². The van der Waals surface area contributed by atoms with Gasteiger partial charge in [0.15, 0.2) is 0 Å². The van der Waals surface area contributed by atoms with E-state index in [1.165, 1.54) is 11.0 Å². The lowest BCUT2D eigenvalue weighted by molar-refractivity contribution is -0.118. The fourth-order valence-electron chi connectivity index (χ4n) is 4.50. The quantitative estimate of drug-likeness (QED) is 0.751. The van der Waals surface area contributed by atoms with Crippen molar-refractivity contribution in [3.05, 3.63) is 58.9 Å². The van der Waals surface area contributed by atoms with E-state index in [1.54, 1.807) is 25.3 Å². The third-order valence-corrected chi connectivity index (χ3v) is 6.45. The van der Waals surface area contributed by atoms with Crippen molar-refractivity contribution >= 4 is 23.2 Å². The Bertz CT molecular complexity index is 917. The normalized spacial score (nSPS) is 21.1. The van der Waals surface area contributed by atoms with E-state index in [-0.39, 0.29) is 23.2 Å². The Balaban J connectivity index is 1.54. The van der Waals surface area contributed by atoms with E-state index in [4.69, 9.17) is 21.1 Å². The van der Waals surface area contributed by atoms with E-state index in [0.29, 0.717) is 43.4 Å². The second-order valence-corrected chi connectivity index (χ2v) is 8.34. The number of amides is 1. The molecule has 2 aromatic carbocycles. The van der Waals surface area contributed by atoms with Crippen molar-refractivity contribution in [2.45, 2.75) is 30.7 Å². The molecule has 2 saturated heterocycles. The largest absolute Gasteiger partial charge is 0.496 e. The van der Waals surface area contributed by atoms with Gasteiger partial charge in [0.1, 0.15) is 11.6 Å². The maximum Gasteiger partial charge on any atom is 0.244 e. The van der Waals surface area contributed by atoms with Gasteiger partial charge in [-0.05, 0) is 49.6 Å². The molecule has 0 aliphatic carbocycles. The van der Waals surface area contributed by atoms with E-state index in [2.05, 4.69) is 5.32 Å². The number of hydrogen-bond donors (Lipinski definition) is 1. The van der Waals surface area contributed by atoms with Gasteiger partial charge in [0.25, 0.3) is 0 Å². The van der Waals surface area contributed by atoms with Gasteiger partial charge in [0.05, 0.1) is 18.8 Å². The molecule has 0 spiro atoms. The second kappa shape index (κ2) is 8.92. The number of carbonyl (C=O) groups is 1. The summed E-state index contributed by atoms with van der Waals surface area (Å²) >= 11 is 6.30. The highest BCUT2D eigenvalue weighted by atomic mass is 35.5. The molecular formula is C23H26ClFN2O3. The van der Waals surface area contributed by atoms with Crippen molar-refractivity contribution in [1.29, 1.82) is 0 Å². The number of benzene rings is 2. The summed E-state index contributed by atoms with van der Waals surface area (Å²) in [4.78, 5) is 14.5. The molecule has 1 atom stereocenters. The van der Waals surface area contributed by atoms with Gasteiger partial charge in [0.2, 0.25) is 5.91 Å². The third-order valence-electron chi connectivity index (χ3n) is 6.22. The van der Waals surface area contributed by atoms with Gasteiger partial charge in [-0.3, -0.25) is 4.79 Å². The number of anilines is 1. The molecule has 2 aliphatic heterocycles. The Morgan fingerprint density at radius 1 is 1.27 bits per heavy atom. The molecule has 1 N–H and O–H groups in total. The molecule has 0 radical (unpaired) electrons. The number of para-hydroxylation sites is 1. The summed E-state index contributed by atoms with van der Waals surface area (Å²) in [6, 6.07) is 11.7. The van der Waals surface area contributed by atoms with Crippen LogP contribution in [0.15, 0.2) is 42.5 Å². The summed E-state index contributed by atoms with van der Waals surface area (Å²) in [6.45, 7) is 2.36. The highest BCUT2D eigenvalue weighted by Gasteiger charge is 2.40. The smallest absolute Gasteiger partial charge is 0.244 e. The molecule has 2 heterocycles. The minimum Gasteiger partial charge on any atom is -0.496 e. The van der Waals surface area contributed by atoms with Crippen LogP contribution in [0.5, 0.6) is 5.75 Å². The first-order chi connectivity index (χ1) is 14.5. The molecular weight excluding hydrogens is 407 g/mol. The van der Waals surface area contributed by atoms with Crippen LogP contribution in [-0.4, -0.2) is 45.4 Å². The average Bonchev–Trinajstić information content (AvgIpc) is 3.13. The average molecular weight is 433 g/mol. The van der Waals surface area contributed by atoms with E-state index in [0.717, 1.165) is 24.2 Å². The van der Waals surface area contributed by atoms with Crippen LogP contribution >= 0.6 is 11.6 Å². The Morgan fingerprint density at radius 3 is 2.77 bits per heavy atom. The van der Waals surface area contributed by atoms with Crippen LogP contribution in [0.4, 0.5) is 10.1 Å². The van der Waals surface area contributed by atoms with Crippen LogP contribution in [0.3, 0.4) is 0 Å². The Hall–Kier alpha value is -2.15. The lowest BCUT2D eigenvalue weighted by atomic mass is 9.73. The van der Waals surface area contributed by atoms with Crippen LogP contribution in [0, 0.1) is 5.82 Å². The molecule has 1 amide bonds. The first kappa shape index (κ1) is 21.1. The monoisotopic (exact) mass is 432 g/mol. The highest BCUT2D eigenvalue weighted by molar-refractivity contribution is 6.30. The number of rotatable bonds is 6. The lowest BCUT2D eigenvalue weighted by Crippen LogP contribution is -2.48. The number of halogens is 2. The molecule has 160 valence electrons. The SMILES string of the molecule is COc1ccc(Cl)cc1C1(CNC2CCN(c3ccccc3F)C2=O)CCOCC1. The van der Waals surface area contributed by atoms with Crippen LogP contribution in [0.25, 0.3) is 0 Å². The van der Waals surface area contributed by atoms with Gasteiger partial charge in [0, 0.05) is 42.3 Å². The van der Waals surface area contributed by atoms with E-state index < -0.39 is 0 Å². The molecule has 1 unspecified atom stereocenters. The van der Waals surface area contributed by atoms with Gasteiger partial charge in [-0.15, -0.1) is 0 Å². The minimum absolute atomic E-state index is 0.0969. The molecule has 0 saturated carbocycles. The second-order valence-electron chi connectivity index (χ2n) is 7.90. The number of nitrogens with zero attached hydrogens (tertiary/aromatic N) is 1. The maximum atomic E-state index is 14.2. The van der Waals surface area contributed by atoms with Crippen molar-refractivity contribution < 1.29 is 18.7 Å². The molecule has 0 aromatic heterocycles. The zero-order chi connectivity index (χ0) is 21.1. The predicted octanol–water partition coefficient (Wildman–Crippen LogP) is 3.93. The summed E-state index contributed by atoms with van der Waals surface area (Å²) in [6.07, 6.45) is 2.23. The van der Waals surface area contributed by atoms with Gasteiger partial charge in [-0.1, -0.05) is 23.7 Å². The van der Waals surface area contributed by atoms with Crippen LogP contribution in [0.2, 0.25) is 5.02 Å². The van der Waals surface area contributed by atoms with E-state index >= 15 is 0 Å². The minimum atomic E-state index is -0.379. The molecule has 5 nitrogen and oxygen atoms in total. The topological polar surface area (TPSA) is 50.8 Å². The number of nitrogens with one attached hydrogen (secondary N) is 1. The van der Waals surface area contributed by atoms with Gasteiger partial charge in [-0.25, -0.2) is 4.39 Å². The third kappa shape index (κ3) is 4.04. The summed E-state index contributed by atoms with van der Waals surface area (Å²) < 4.78 is 25.4. The standard InChI is InChI=1S/C23H26ClFN2O3/c1-29-21-7-6-16(24)14-17(21)23(9-12-30-13-10-23)15-26-19-8-11-27(22(19)28)20-5-3-2-4-18(20)25/h2-7,14,19,26H,8-13,15H2,1H3. The Labute approximate surface area is 181 Å². The summed E-state index contributed by atoms with van der Waals surface area (Å²) in [5.41, 5.74) is 1.12. The highest BCUT2D eigenvalue weighted by Crippen LogP contribution is 2.41. The fraction of sp³-hybridized carbons (Fsp3) is 0.435.